The highest BCUT2D eigenvalue weighted by Gasteiger charge is 2.38. The number of alkyl halides is 3. The van der Waals surface area contributed by atoms with Gasteiger partial charge in [0.15, 0.2) is 5.69 Å². The van der Waals surface area contributed by atoms with Gasteiger partial charge in [-0.1, -0.05) is 18.2 Å². The van der Waals surface area contributed by atoms with E-state index >= 15 is 0 Å². The van der Waals surface area contributed by atoms with E-state index in [1.807, 2.05) is 26.1 Å². The average Bonchev–Trinajstić information content (AvgIpc) is 3.36. The maximum atomic E-state index is 13.5. The molecule has 0 spiro atoms. The summed E-state index contributed by atoms with van der Waals surface area (Å²) in [6.07, 6.45) is -2.82. The molecule has 0 saturated heterocycles. The van der Waals surface area contributed by atoms with Crippen LogP contribution in [0.5, 0.6) is 0 Å². The van der Waals surface area contributed by atoms with E-state index in [1.165, 1.54) is 10.7 Å². The van der Waals surface area contributed by atoms with Crippen molar-refractivity contribution in [3.63, 3.8) is 0 Å². The van der Waals surface area contributed by atoms with E-state index in [0.717, 1.165) is 17.0 Å². The Labute approximate surface area is 173 Å². The first-order valence-corrected chi connectivity index (χ1v) is 10.00. The molecule has 3 heterocycles. The third kappa shape index (κ3) is 3.95. The minimum absolute atomic E-state index is 0.0862. The van der Waals surface area contributed by atoms with Gasteiger partial charge in [0.25, 0.3) is 5.91 Å². The topological polar surface area (TPSA) is 64.7 Å². The highest BCUT2D eigenvalue weighted by molar-refractivity contribution is 7.20. The number of para-hydroxylation sites is 1. The van der Waals surface area contributed by atoms with E-state index in [1.54, 1.807) is 35.0 Å². The van der Waals surface area contributed by atoms with E-state index < -0.39 is 17.8 Å². The molecule has 0 bridgehead atoms. The number of benzene rings is 1. The molecule has 6 nitrogen and oxygen atoms in total. The van der Waals surface area contributed by atoms with Crippen LogP contribution in [-0.2, 0) is 12.7 Å². The number of nitrogens with zero attached hydrogens (tertiary/aromatic N) is 4. The number of amides is 1. The van der Waals surface area contributed by atoms with Gasteiger partial charge >= 0.3 is 6.18 Å². The zero-order valence-electron chi connectivity index (χ0n) is 16.1. The molecule has 1 N–H and O–H groups in total. The van der Waals surface area contributed by atoms with E-state index in [9.17, 15) is 18.0 Å². The molecular formula is C20H18F3N5OS. The van der Waals surface area contributed by atoms with Crippen LogP contribution in [0.3, 0.4) is 0 Å². The number of thiophene rings is 1. The highest BCUT2D eigenvalue weighted by Crippen LogP contribution is 2.38. The number of aryl methyl sites for hydroxylation is 1. The van der Waals surface area contributed by atoms with Crippen LogP contribution in [0, 0.1) is 6.92 Å². The zero-order chi connectivity index (χ0) is 21.5. The van der Waals surface area contributed by atoms with Crippen molar-refractivity contribution in [1.82, 2.24) is 24.9 Å². The SMILES string of the molecule is Cc1ccn(CC(C)NC(=O)c2cc3c(C(F)(F)F)nn(-c4ccccc4)c3s2)n1. The van der Waals surface area contributed by atoms with Crippen molar-refractivity contribution in [3.05, 3.63) is 64.9 Å². The zero-order valence-corrected chi connectivity index (χ0v) is 17.0. The number of rotatable bonds is 5. The summed E-state index contributed by atoms with van der Waals surface area (Å²) in [6.45, 7) is 4.14. The fraction of sp³-hybridized carbons (Fsp3) is 0.250. The smallest absolute Gasteiger partial charge is 0.347 e. The Bertz CT molecular complexity index is 1190. The van der Waals surface area contributed by atoms with E-state index in [2.05, 4.69) is 15.5 Å². The van der Waals surface area contributed by atoms with Crippen LogP contribution in [0.1, 0.15) is 28.0 Å². The lowest BCUT2D eigenvalue weighted by Gasteiger charge is -2.13. The largest absolute Gasteiger partial charge is 0.435 e. The number of nitrogens with one attached hydrogen (secondary N) is 1. The van der Waals surface area contributed by atoms with Crippen molar-refractivity contribution in [2.75, 3.05) is 0 Å². The fourth-order valence-electron chi connectivity index (χ4n) is 3.16. The van der Waals surface area contributed by atoms with Gasteiger partial charge in [0.1, 0.15) is 4.83 Å². The Kier molecular flexibility index (Phi) is 5.10. The van der Waals surface area contributed by atoms with Gasteiger partial charge in [-0.2, -0.15) is 23.4 Å². The lowest BCUT2D eigenvalue weighted by molar-refractivity contribution is -0.140. The molecule has 156 valence electrons. The molecule has 4 aromatic rings. The first-order chi connectivity index (χ1) is 14.2. The summed E-state index contributed by atoms with van der Waals surface area (Å²) in [5.74, 6) is -0.430. The van der Waals surface area contributed by atoms with Crippen LogP contribution < -0.4 is 5.32 Å². The Balaban J connectivity index is 1.65. The Morgan fingerprint density at radius 2 is 1.93 bits per heavy atom. The first kappa shape index (κ1) is 20.1. The molecule has 0 fully saturated rings. The van der Waals surface area contributed by atoms with Crippen molar-refractivity contribution in [2.45, 2.75) is 32.6 Å². The van der Waals surface area contributed by atoms with E-state index in [-0.39, 0.29) is 21.1 Å². The number of halogens is 3. The van der Waals surface area contributed by atoms with Crippen molar-refractivity contribution in [2.24, 2.45) is 0 Å². The van der Waals surface area contributed by atoms with Crippen LogP contribution in [0.25, 0.3) is 15.9 Å². The third-order valence-corrected chi connectivity index (χ3v) is 5.57. The second-order valence-corrected chi connectivity index (χ2v) is 8.01. The van der Waals surface area contributed by atoms with Gasteiger partial charge < -0.3 is 5.32 Å². The van der Waals surface area contributed by atoms with Crippen LogP contribution in [0.15, 0.2) is 48.7 Å². The van der Waals surface area contributed by atoms with Crippen molar-refractivity contribution in [3.8, 4) is 5.69 Å². The lowest BCUT2D eigenvalue weighted by Crippen LogP contribution is -2.35. The molecule has 0 radical (unpaired) electrons. The Hall–Kier alpha value is -3.14. The Morgan fingerprint density at radius 3 is 2.57 bits per heavy atom. The van der Waals surface area contributed by atoms with Crippen molar-refractivity contribution < 1.29 is 18.0 Å². The number of fused-ring (bicyclic) bond motifs is 1. The predicted molar refractivity (Wildman–Crippen MR) is 108 cm³/mol. The van der Waals surface area contributed by atoms with Crippen LogP contribution in [0.2, 0.25) is 0 Å². The van der Waals surface area contributed by atoms with Crippen LogP contribution >= 0.6 is 11.3 Å². The molecule has 0 saturated carbocycles. The summed E-state index contributed by atoms with van der Waals surface area (Å²) >= 11 is 0.982. The average molecular weight is 433 g/mol. The Morgan fingerprint density at radius 1 is 1.20 bits per heavy atom. The molecule has 1 unspecified atom stereocenters. The number of carbonyl (C=O) groups excluding carboxylic acids is 1. The van der Waals surface area contributed by atoms with Gasteiger partial charge in [-0.3, -0.25) is 9.48 Å². The fourth-order valence-corrected chi connectivity index (χ4v) is 4.19. The third-order valence-electron chi connectivity index (χ3n) is 4.47. The van der Waals surface area contributed by atoms with Gasteiger partial charge in [0.2, 0.25) is 0 Å². The molecular weight excluding hydrogens is 415 g/mol. The normalized spacial score (nSPS) is 13.0. The number of hydrogen-bond acceptors (Lipinski definition) is 4. The quantitative estimate of drug-likeness (QED) is 0.507. The summed E-state index contributed by atoms with van der Waals surface area (Å²) in [6, 6.07) is 11.4. The molecule has 1 atom stereocenters. The van der Waals surface area contributed by atoms with Crippen LogP contribution in [0.4, 0.5) is 13.2 Å². The minimum Gasteiger partial charge on any atom is -0.347 e. The summed E-state index contributed by atoms with van der Waals surface area (Å²) in [4.78, 5) is 13.2. The van der Waals surface area contributed by atoms with E-state index in [4.69, 9.17) is 0 Å². The van der Waals surface area contributed by atoms with Crippen molar-refractivity contribution >= 4 is 27.5 Å². The van der Waals surface area contributed by atoms with Gasteiger partial charge in [-0.15, -0.1) is 11.3 Å². The number of carbonyl (C=O) groups is 1. The maximum Gasteiger partial charge on any atom is 0.435 e. The van der Waals surface area contributed by atoms with Gasteiger partial charge in [-0.05, 0) is 38.1 Å². The van der Waals surface area contributed by atoms with Gasteiger partial charge in [-0.25, -0.2) is 4.68 Å². The second-order valence-electron chi connectivity index (χ2n) is 6.98. The first-order valence-electron chi connectivity index (χ1n) is 9.18. The molecule has 1 aromatic carbocycles. The maximum absolute atomic E-state index is 13.5. The lowest BCUT2D eigenvalue weighted by atomic mass is 10.2. The highest BCUT2D eigenvalue weighted by atomic mass is 32.1. The molecule has 30 heavy (non-hydrogen) atoms. The number of aromatic nitrogens is 4. The summed E-state index contributed by atoms with van der Waals surface area (Å²) in [7, 11) is 0. The molecule has 0 aliphatic carbocycles. The molecule has 1 amide bonds. The van der Waals surface area contributed by atoms with E-state index in [0.29, 0.717) is 12.2 Å². The monoisotopic (exact) mass is 433 g/mol. The van der Waals surface area contributed by atoms with Gasteiger partial charge in [0.05, 0.1) is 22.8 Å². The summed E-state index contributed by atoms with van der Waals surface area (Å²) < 4.78 is 43.5. The summed E-state index contributed by atoms with van der Waals surface area (Å²) in [5.41, 5.74) is 0.356. The number of hydrogen-bond donors (Lipinski definition) is 1. The molecule has 10 heteroatoms. The van der Waals surface area contributed by atoms with Crippen LogP contribution in [-0.4, -0.2) is 31.5 Å². The molecule has 0 aliphatic rings. The van der Waals surface area contributed by atoms with Gasteiger partial charge in [0, 0.05) is 17.6 Å². The molecule has 3 aromatic heterocycles. The second kappa shape index (κ2) is 7.60. The predicted octanol–water partition coefficient (Wildman–Crippen LogP) is 4.43. The minimum atomic E-state index is -4.63. The summed E-state index contributed by atoms with van der Waals surface area (Å²) in [5, 5.41) is 10.8. The molecule has 4 rings (SSSR count). The van der Waals surface area contributed by atoms with Crippen molar-refractivity contribution in [1.29, 1.82) is 0 Å². The molecule has 0 aliphatic heterocycles. The standard InChI is InChI=1S/C20H18F3N5OS/c1-12-8-9-27(25-12)11-13(2)24-18(29)16-10-15-17(20(21,22)23)26-28(19(15)30-16)14-6-4-3-5-7-14/h3-10,13H,11H2,1-2H3,(H,24,29).